The number of hydrogen-bond acceptors (Lipinski definition) is 4. The Labute approximate surface area is 64.6 Å². The van der Waals surface area contributed by atoms with Crippen LogP contribution in [0.2, 0.25) is 0 Å². The van der Waals surface area contributed by atoms with Crippen molar-refractivity contribution in [2.24, 2.45) is 0 Å². The first-order valence-corrected chi connectivity index (χ1v) is 3.59. The third kappa shape index (κ3) is 1.30. The number of ether oxygens (including phenoxy) is 1. The van der Waals surface area contributed by atoms with Crippen molar-refractivity contribution in [2.45, 2.75) is 6.54 Å². The molecule has 1 aliphatic heterocycles. The molecule has 0 spiro atoms. The number of aromatic nitrogens is 2. The lowest BCUT2D eigenvalue weighted by Crippen LogP contribution is -2.16. The van der Waals surface area contributed by atoms with Crippen molar-refractivity contribution < 1.29 is 4.74 Å². The Bertz CT molecular complexity index is 226. The molecule has 0 unspecified atom stereocenters. The first kappa shape index (κ1) is 6.54. The van der Waals surface area contributed by atoms with Gasteiger partial charge in [0, 0.05) is 24.8 Å². The van der Waals surface area contributed by atoms with Crippen molar-refractivity contribution in [2.75, 3.05) is 13.2 Å². The maximum Gasteiger partial charge on any atom is 0.220 e. The molecule has 11 heavy (non-hydrogen) atoms. The van der Waals surface area contributed by atoms with Gasteiger partial charge >= 0.3 is 0 Å². The van der Waals surface area contributed by atoms with Crippen LogP contribution in [0.25, 0.3) is 0 Å². The Balaban J connectivity index is 2.33. The van der Waals surface area contributed by atoms with Crippen LogP contribution in [0.3, 0.4) is 0 Å². The largest absolute Gasteiger partial charge is 0.476 e. The van der Waals surface area contributed by atoms with Gasteiger partial charge in [-0.2, -0.15) is 0 Å². The molecule has 58 valence electrons. The van der Waals surface area contributed by atoms with E-state index in [0.29, 0.717) is 12.5 Å². The number of hydrogen-bond donors (Lipinski definition) is 1. The molecule has 0 saturated heterocycles. The lowest BCUT2D eigenvalue weighted by molar-refractivity contribution is 0.313. The van der Waals surface area contributed by atoms with Crippen LogP contribution in [-0.2, 0) is 6.54 Å². The second-order valence-electron chi connectivity index (χ2n) is 2.38. The predicted molar refractivity (Wildman–Crippen MR) is 39.2 cm³/mol. The minimum Gasteiger partial charge on any atom is -0.476 e. The van der Waals surface area contributed by atoms with Gasteiger partial charge < -0.3 is 10.1 Å². The normalized spacial score (nSPS) is 16.4. The van der Waals surface area contributed by atoms with E-state index in [0.717, 1.165) is 18.7 Å². The molecule has 1 aliphatic rings. The van der Waals surface area contributed by atoms with Gasteiger partial charge in [0.05, 0.1) is 0 Å². The summed E-state index contributed by atoms with van der Waals surface area (Å²) < 4.78 is 5.33. The van der Waals surface area contributed by atoms with Gasteiger partial charge in [-0.25, -0.2) is 9.97 Å². The van der Waals surface area contributed by atoms with Gasteiger partial charge in [0.15, 0.2) is 0 Å². The lowest BCUT2D eigenvalue weighted by atomic mass is 10.3. The molecule has 1 aromatic heterocycles. The van der Waals surface area contributed by atoms with Crippen molar-refractivity contribution in [1.29, 1.82) is 0 Å². The number of fused-ring (bicyclic) bond motifs is 1. The van der Waals surface area contributed by atoms with E-state index < -0.39 is 0 Å². The zero-order chi connectivity index (χ0) is 7.52. The van der Waals surface area contributed by atoms with Crippen LogP contribution in [-0.4, -0.2) is 23.1 Å². The van der Waals surface area contributed by atoms with Crippen LogP contribution >= 0.6 is 0 Å². The molecule has 0 aromatic carbocycles. The molecule has 0 fully saturated rings. The standard InChI is InChI=1S/C7H9N3O/c1-2-11-7-6(3-8-1)4-9-5-10-7/h4-5,8H,1-3H2. The summed E-state index contributed by atoms with van der Waals surface area (Å²) in [6.07, 6.45) is 3.28. The highest BCUT2D eigenvalue weighted by atomic mass is 16.5. The minimum absolute atomic E-state index is 0.685. The summed E-state index contributed by atoms with van der Waals surface area (Å²) in [6.45, 7) is 2.36. The van der Waals surface area contributed by atoms with E-state index in [9.17, 15) is 0 Å². The summed E-state index contributed by atoms with van der Waals surface area (Å²) in [5.41, 5.74) is 1.03. The molecule has 1 aromatic rings. The van der Waals surface area contributed by atoms with Gasteiger partial charge in [-0.3, -0.25) is 0 Å². The van der Waals surface area contributed by atoms with Gasteiger partial charge in [0.1, 0.15) is 12.9 Å². The number of rotatable bonds is 0. The molecule has 0 amide bonds. The molecule has 0 radical (unpaired) electrons. The summed E-state index contributed by atoms with van der Waals surface area (Å²) in [7, 11) is 0. The van der Waals surface area contributed by atoms with Crippen molar-refractivity contribution in [3.05, 3.63) is 18.1 Å². The van der Waals surface area contributed by atoms with Gasteiger partial charge in [0.25, 0.3) is 0 Å². The minimum atomic E-state index is 0.685. The van der Waals surface area contributed by atoms with E-state index >= 15 is 0 Å². The van der Waals surface area contributed by atoms with Crippen molar-refractivity contribution in [3.8, 4) is 5.88 Å². The van der Waals surface area contributed by atoms with Crippen LogP contribution in [0, 0.1) is 0 Å². The average molecular weight is 151 g/mol. The fraction of sp³-hybridized carbons (Fsp3) is 0.429. The molecule has 4 nitrogen and oxygen atoms in total. The quantitative estimate of drug-likeness (QED) is 0.565. The van der Waals surface area contributed by atoms with Gasteiger partial charge in [-0.15, -0.1) is 0 Å². The van der Waals surface area contributed by atoms with Crippen molar-refractivity contribution >= 4 is 0 Å². The third-order valence-electron chi connectivity index (χ3n) is 1.58. The summed E-state index contributed by atoms with van der Waals surface area (Å²) in [6, 6.07) is 0. The second kappa shape index (κ2) is 2.84. The highest BCUT2D eigenvalue weighted by molar-refractivity contribution is 5.22. The van der Waals surface area contributed by atoms with E-state index in [1.807, 2.05) is 0 Å². The molecule has 2 rings (SSSR count). The maximum absolute atomic E-state index is 5.33. The zero-order valence-electron chi connectivity index (χ0n) is 6.08. The molecular weight excluding hydrogens is 142 g/mol. The molecule has 0 bridgehead atoms. The van der Waals surface area contributed by atoms with E-state index in [2.05, 4.69) is 15.3 Å². The third-order valence-corrected chi connectivity index (χ3v) is 1.58. The van der Waals surface area contributed by atoms with E-state index in [1.54, 1.807) is 6.20 Å². The van der Waals surface area contributed by atoms with Crippen molar-refractivity contribution in [3.63, 3.8) is 0 Å². The van der Waals surface area contributed by atoms with Crippen LogP contribution in [0.5, 0.6) is 5.88 Å². The van der Waals surface area contributed by atoms with E-state index in [1.165, 1.54) is 6.33 Å². The topological polar surface area (TPSA) is 47.0 Å². The molecule has 0 aliphatic carbocycles. The van der Waals surface area contributed by atoms with E-state index in [4.69, 9.17) is 4.74 Å². The Morgan fingerprint density at radius 1 is 1.55 bits per heavy atom. The van der Waals surface area contributed by atoms with Crippen molar-refractivity contribution in [1.82, 2.24) is 15.3 Å². The second-order valence-corrected chi connectivity index (χ2v) is 2.38. The highest BCUT2D eigenvalue weighted by Crippen LogP contribution is 2.13. The lowest BCUT2D eigenvalue weighted by Gasteiger charge is -2.01. The Morgan fingerprint density at radius 3 is 3.55 bits per heavy atom. The van der Waals surface area contributed by atoms with Crippen LogP contribution in [0.1, 0.15) is 5.56 Å². The fourth-order valence-electron chi connectivity index (χ4n) is 1.04. The average Bonchev–Trinajstić information content (AvgIpc) is 2.28. The Hall–Kier alpha value is -1.16. The highest BCUT2D eigenvalue weighted by Gasteiger charge is 2.07. The zero-order valence-corrected chi connectivity index (χ0v) is 6.08. The first-order valence-electron chi connectivity index (χ1n) is 3.59. The molecule has 4 heteroatoms. The van der Waals surface area contributed by atoms with Gasteiger partial charge in [-0.1, -0.05) is 0 Å². The SMILES string of the molecule is c1ncc2c(n1)OCCNC2. The number of nitrogens with one attached hydrogen (secondary N) is 1. The summed E-state index contributed by atoms with van der Waals surface area (Å²) >= 11 is 0. The summed E-state index contributed by atoms with van der Waals surface area (Å²) in [5, 5.41) is 3.20. The molecule has 0 saturated carbocycles. The summed E-state index contributed by atoms with van der Waals surface area (Å²) in [5.74, 6) is 0.713. The van der Waals surface area contributed by atoms with E-state index in [-0.39, 0.29) is 0 Å². The fourth-order valence-corrected chi connectivity index (χ4v) is 1.04. The molecule has 1 N–H and O–H groups in total. The van der Waals surface area contributed by atoms with Gasteiger partial charge in [0.2, 0.25) is 5.88 Å². The van der Waals surface area contributed by atoms with Crippen LogP contribution in [0.4, 0.5) is 0 Å². The Morgan fingerprint density at radius 2 is 2.55 bits per heavy atom. The van der Waals surface area contributed by atoms with Crippen LogP contribution in [0.15, 0.2) is 12.5 Å². The predicted octanol–water partition coefficient (Wildman–Crippen LogP) is -0.0414. The molecular formula is C7H9N3O. The Kier molecular flexibility index (Phi) is 1.69. The maximum atomic E-state index is 5.33. The molecule has 2 heterocycles. The monoisotopic (exact) mass is 151 g/mol. The smallest absolute Gasteiger partial charge is 0.220 e. The molecule has 0 atom stereocenters. The summed E-state index contributed by atoms with van der Waals surface area (Å²) in [4.78, 5) is 7.91. The first-order chi connectivity index (χ1) is 5.47. The van der Waals surface area contributed by atoms with Crippen LogP contribution < -0.4 is 10.1 Å². The van der Waals surface area contributed by atoms with Gasteiger partial charge in [-0.05, 0) is 0 Å². The number of nitrogens with zero attached hydrogens (tertiary/aromatic N) is 2.